The number of hydrogen-bond acceptors (Lipinski definition) is 6. The maximum Gasteiger partial charge on any atom is 0.573 e. The number of ether oxygens (including phenoxy) is 1. The Hall–Kier alpha value is -4.44. The van der Waals surface area contributed by atoms with Gasteiger partial charge in [-0.1, -0.05) is 26.0 Å². The van der Waals surface area contributed by atoms with Crippen LogP contribution in [0.25, 0.3) is 28.1 Å². The van der Waals surface area contributed by atoms with E-state index in [-0.39, 0.29) is 11.8 Å². The number of nitrogens with one attached hydrogen (secondary N) is 1. The SMILES string of the molecule is CC(C)CN1CCC(/N=c2\cc3n(-c4ccc(OC(F)(F)F)cc4)c4ccccc4nc-3cc2Nc2cccnc2)CC1. The first kappa shape index (κ1) is 28.7. The van der Waals surface area contributed by atoms with Crippen LogP contribution in [0.4, 0.5) is 24.5 Å². The minimum Gasteiger partial charge on any atom is -0.406 e. The molecule has 3 aromatic rings. The lowest BCUT2D eigenvalue weighted by atomic mass is 10.0. The van der Waals surface area contributed by atoms with Crippen molar-refractivity contribution in [3.63, 3.8) is 0 Å². The Balaban J connectivity index is 1.49. The molecule has 0 atom stereocenters. The third-order valence-corrected chi connectivity index (χ3v) is 7.47. The predicted molar refractivity (Wildman–Crippen MR) is 162 cm³/mol. The number of aromatic nitrogens is 3. The molecule has 7 nitrogen and oxygen atoms in total. The van der Waals surface area contributed by atoms with E-state index in [9.17, 15) is 13.2 Å². The number of halogens is 3. The summed E-state index contributed by atoms with van der Waals surface area (Å²) in [5.41, 5.74) is 5.40. The Morgan fingerprint density at radius 2 is 1.77 bits per heavy atom. The zero-order valence-electron chi connectivity index (χ0n) is 24.1. The van der Waals surface area contributed by atoms with E-state index in [4.69, 9.17) is 9.98 Å². The van der Waals surface area contributed by atoms with Crippen molar-refractivity contribution in [1.82, 2.24) is 19.4 Å². The zero-order chi connectivity index (χ0) is 30.0. The van der Waals surface area contributed by atoms with Crippen LogP contribution in [0, 0.1) is 5.92 Å². The number of hydrogen-bond donors (Lipinski definition) is 1. The first-order valence-electron chi connectivity index (χ1n) is 14.5. The van der Waals surface area contributed by atoms with Gasteiger partial charge in [-0.15, -0.1) is 13.2 Å². The largest absolute Gasteiger partial charge is 0.573 e. The molecule has 1 N–H and O–H groups in total. The van der Waals surface area contributed by atoms with Crippen LogP contribution >= 0.6 is 0 Å². The first-order valence-corrected chi connectivity index (χ1v) is 14.5. The van der Waals surface area contributed by atoms with Gasteiger partial charge in [0, 0.05) is 31.5 Å². The third-order valence-electron chi connectivity index (χ3n) is 7.47. The standard InChI is InChI=1S/C33H33F3N6O/c1-22(2)21-41-16-13-23(14-17-41)38-29-19-32-30(18-28(29)39-24-6-5-15-37-20-24)40-27-7-3-4-8-31(27)42(32)25-9-11-26(12-10-25)43-33(34,35)36/h3-12,15,18-20,22-23,39H,13-14,16-17,21H2,1-2H3/b38-29+. The van der Waals surface area contributed by atoms with Gasteiger partial charge in [-0.05, 0) is 79.4 Å². The molecule has 0 amide bonds. The first-order chi connectivity index (χ1) is 20.7. The number of pyridine rings is 1. The number of anilines is 2. The Morgan fingerprint density at radius 3 is 2.47 bits per heavy atom. The van der Waals surface area contributed by atoms with Gasteiger partial charge in [0.25, 0.3) is 0 Å². The molecular weight excluding hydrogens is 553 g/mol. The summed E-state index contributed by atoms with van der Waals surface area (Å²) in [6.45, 7) is 7.58. The van der Waals surface area contributed by atoms with E-state index in [0.29, 0.717) is 17.3 Å². The molecule has 2 aromatic carbocycles. The Morgan fingerprint density at radius 1 is 1.00 bits per heavy atom. The van der Waals surface area contributed by atoms with Crippen molar-refractivity contribution in [3.05, 3.63) is 90.5 Å². The van der Waals surface area contributed by atoms with E-state index in [2.05, 4.69) is 33.8 Å². The average Bonchev–Trinajstić information content (AvgIpc) is 2.97. The molecular formula is C33H33F3N6O. The molecule has 3 aliphatic rings. The van der Waals surface area contributed by atoms with Gasteiger partial charge in [0.05, 0.1) is 51.4 Å². The number of rotatable bonds is 7. The zero-order valence-corrected chi connectivity index (χ0v) is 24.1. The van der Waals surface area contributed by atoms with Crippen molar-refractivity contribution >= 4 is 22.4 Å². The molecule has 6 rings (SSSR count). The van der Waals surface area contributed by atoms with Crippen molar-refractivity contribution in [3.8, 4) is 22.8 Å². The van der Waals surface area contributed by atoms with Gasteiger partial charge < -0.3 is 19.5 Å². The van der Waals surface area contributed by atoms with Crippen LogP contribution in [0.1, 0.15) is 26.7 Å². The fraction of sp³-hybridized carbons (Fsp3) is 0.303. The van der Waals surface area contributed by atoms with Gasteiger partial charge >= 0.3 is 6.36 Å². The van der Waals surface area contributed by atoms with E-state index >= 15 is 0 Å². The normalized spacial score (nSPS) is 15.4. The van der Waals surface area contributed by atoms with Crippen LogP contribution in [0.3, 0.4) is 0 Å². The molecule has 1 fully saturated rings. The smallest absolute Gasteiger partial charge is 0.406 e. The number of fused-ring (bicyclic) bond motifs is 2. The van der Waals surface area contributed by atoms with Crippen molar-refractivity contribution in [2.45, 2.75) is 39.1 Å². The van der Waals surface area contributed by atoms with Gasteiger partial charge in [-0.2, -0.15) is 0 Å². The van der Waals surface area contributed by atoms with Crippen LogP contribution in [0.2, 0.25) is 0 Å². The number of piperidine rings is 1. The maximum atomic E-state index is 12.8. The summed E-state index contributed by atoms with van der Waals surface area (Å²) >= 11 is 0. The fourth-order valence-electron chi connectivity index (χ4n) is 5.66. The lowest BCUT2D eigenvalue weighted by molar-refractivity contribution is -0.274. The van der Waals surface area contributed by atoms with Crippen LogP contribution in [0.15, 0.2) is 90.2 Å². The summed E-state index contributed by atoms with van der Waals surface area (Å²) in [5, 5.41) is 4.28. The van der Waals surface area contributed by atoms with Crippen molar-refractivity contribution in [1.29, 1.82) is 0 Å². The molecule has 1 aromatic heterocycles. The molecule has 10 heteroatoms. The van der Waals surface area contributed by atoms with Crippen LogP contribution in [-0.2, 0) is 0 Å². The van der Waals surface area contributed by atoms with Gasteiger partial charge in [-0.25, -0.2) is 4.98 Å². The molecule has 43 heavy (non-hydrogen) atoms. The highest BCUT2D eigenvalue weighted by molar-refractivity contribution is 5.84. The molecule has 1 aliphatic carbocycles. The summed E-state index contributed by atoms with van der Waals surface area (Å²) in [6.07, 6.45) is 0.658. The topological polar surface area (TPSA) is 67.6 Å². The lowest BCUT2D eigenvalue weighted by Crippen LogP contribution is -2.38. The van der Waals surface area contributed by atoms with Crippen molar-refractivity contribution in [2.75, 3.05) is 25.0 Å². The summed E-state index contributed by atoms with van der Waals surface area (Å²) in [5.74, 6) is 0.345. The summed E-state index contributed by atoms with van der Waals surface area (Å²) in [6, 6.07) is 21.6. The highest BCUT2D eigenvalue weighted by Gasteiger charge is 2.31. The van der Waals surface area contributed by atoms with E-state index in [0.717, 1.165) is 65.9 Å². The van der Waals surface area contributed by atoms with Gasteiger partial charge in [0.2, 0.25) is 0 Å². The summed E-state index contributed by atoms with van der Waals surface area (Å²) in [4.78, 5) is 17.0. The van der Waals surface area contributed by atoms with Crippen LogP contribution in [-0.4, -0.2) is 51.5 Å². The maximum absolute atomic E-state index is 12.8. The highest BCUT2D eigenvalue weighted by atomic mass is 19.4. The molecule has 0 saturated carbocycles. The molecule has 3 heterocycles. The van der Waals surface area contributed by atoms with E-state index in [1.165, 1.54) is 12.1 Å². The number of benzene rings is 3. The minimum atomic E-state index is -4.76. The van der Waals surface area contributed by atoms with Crippen molar-refractivity contribution < 1.29 is 17.9 Å². The van der Waals surface area contributed by atoms with Crippen LogP contribution in [0.5, 0.6) is 5.75 Å². The van der Waals surface area contributed by atoms with Crippen LogP contribution < -0.4 is 15.4 Å². The Bertz CT molecular complexity index is 1730. The van der Waals surface area contributed by atoms with Gasteiger partial charge in [0.15, 0.2) is 0 Å². The molecule has 0 unspecified atom stereocenters. The molecule has 0 radical (unpaired) electrons. The summed E-state index contributed by atoms with van der Waals surface area (Å²) < 4.78 is 44.6. The van der Waals surface area contributed by atoms with E-state index < -0.39 is 6.36 Å². The Kier molecular flexibility index (Phi) is 8.03. The number of likely N-dealkylation sites (tertiary alicyclic amines) is 1. The van der Waals surface area contributed by atoms with Gasteiger partial charge in [0.1, 0.15) is 5.75 Å². The molecule has 2 aliphatic heterocycles. The van der Waals surface area contributed by atoms with E-state index in [1.807, 2.05) is 53.1 Å². The minimum absolute atomic E-state index is 0.163. The predicted octanol–water partition coefficient (Wildman–Crippen LogP) is 7.19. The second-order valence-corrected chi connectivity index (χ2v) is 11.3. The number of alkyl halides is 3. The second-order valence-electron chi connectivity index (χ2n) is 11.3. The average molecular weight is 587 g/mol. The molecule has 0 spiro atoms. The second kappa shape index (κ2) is 12.0. The number of nitrogens with zero attached hydrogens (tertiary/aromatic N) is 5. The van der Waals surface area contributed by atoms with Crippen molar-refractivity contribution in [2.24, 2.45) is 10.9 Å². The molecule has 0 bridgehead atoms. The van der Waals surface area contributed by atoms with Gasteiger partial charge in [-0.3, -0.25) is 9.98 Å². The lowest BCUT2D eigenvalue weighted by Gasteiger charge is -2.31. The van der Waals surface area contributed by atoms with E-state index in [1.54, 1.807) is 24.5 Å². The number of para-hydroxylation sites is 2. The monoisotopic (exact) mass is 586 g/mol. The molecule has 222 valence electrons. The highest BCUT2D eigenvalue weighted by Crippen LogP contribution is 2.32. The molecule has 1 saturated heterocycles. The quantitative estimate of drug-likeness (QED) is 0.205. The third kappa shape index (κ3) is 6.80. The summed E-state index contributed by atoms with van der Waals surface area (Å²) in [7, 11) is 0. The Labute approximate surface area is 248 Å². The fourth-order valence-corrected chi connectivity index (χ4v) is 5.66.